The first-order chi connectivity index (χ1) is 14.9. The summed E-state index contributed by atoms with van der Waals surface area (Å²) in [6.45, 7) is 1.83. The number of carbonyl (C=O) groups is 1. The maximum atomic E-state index is 13.3. The Bertz CT molecular complexity index is 1390. The Hall–Kier alpha value is -3.71. The molecule has 7 nitrogen and oxygen atoms in total. The maximum absolute atomic E-state index is 13.3. The molecule has 2 heterocycles. The minimum atomic E-state index is -0.613. The number of halogens is 1. The smallest absolute Gasteiger partial charge is 0.336 e. The Morgan fingerprint density at radius 2 is 1.90 bits per heavy atom. The minimum Gasteiger partial charge on any atom is -0.349 e. The second-order valence-electron chi connectivity index (χ2n) is 7.11. The molecular formula is C23H19ClN4O3. The van der Waals surface area contributed by atoms with Crippen LogP contribution in [0, 0.1) is 6.92 Å². The van der Waals surface area contributed by atoms with Crippen LogP contribution in [0.5, 0.6) is 0 Å². The first-order valence-electron chi connectivity index (χ1n) is 9.63. The number of hydrogen-bond donors (Lipinski definition) is 1. The van der Waals surface area contributed by atoms with Crippen LogP contribution in [0.4, 0.5) is 0 Å². The minimum absolute atomic E-state index is 0.227. The molecule has 31 heavy (non-hydrogen) atoms. The van der Waals surface area contributed by atoms with Gasteiger partial charge in [-0.2, -0.15) is 0 Å². The molecule has 0 aliphatic rings. The van der Waals surface area contributed by atoms with E-state index in [-0.39, 0.29) is 19.0 Å². The molecule has 0 unspecified atom stereocenters. The average Bonchev–Trinajstić information content (AvgIpc) is 2.76. The fourth-order valence-electron chi connectivity index (χ4n) is 3.38. The molecule has 1 N–H and O–H groups in total. The van der Waals surface area contributed by atoms with Crippen LogP contribution < -0.4 is 16.6 Å². The molecule has 0 aliphatic heterocycles. The number of nitrogens with zero attached hydrogens (tertiary/aromatic N) is 3. The lowest BCUT2D eigenvalue weighted by atomic mass is 10.2. The third-order valence-electron chi connectivity index (χ3n) is 4.86. The van der Waals surface area contributed by atoms with Gasteiger partial charge in [0.05, 0.1) is 28.8 Å². The third kappa shape index (κ3) is 4.27. The summed E-state index contributed by atoms with van der Waals surface area (Å²) in [6.07, 6.45) is 1.64. The highest BCUT2D eigenvalue weighted by Gasteiger charge is 2.17. The lowest BCUT2D eigenvalue weighted by Gasteiger charge is -2.15. The number of carbonyl (C=O) groups excluding carboxylic acids is 1. The predicted octanol–water partition coefficient (Wildman–Crippen LogP) is 2.83. The first kappa shape index (κ1) is 20.6. The van der Waals surface area contributed by atoms with E-state index in [0.29, 0.717) is 27.3 Å². The number of aromatic nitrogens is 3. The van der Waals surface area contributed by atoms with Crippen molar-refractivity contribution in [3.63, 3.8) is 0 Å². The van der Waals surface area contributed by atoms with E-state index in [9.17, 15) is 14.4 Å². The number of pyridine rings is 1. The molecule has 0 aliphatic carbocycles. The molecule has 2 aromatic carbocycles. The molecule has 0 saturated heterocycles. The summed E-state index contributed by atoms with van der Waals surface area (Å²) < 4.78 is 2.34. The normalized spacial score (nSPS) is 10.9. The van der Waals surface area contributed by atoms with Gasteiger partial charge in [0.2, 0.25) is 5.91 Å². The molecule has 0 saturated carbocycles. The number of nitrogens with one attached hydrogen (secondary N) is 1. The van der Waals surface area contributed by atoms with Gasteiger partial charge in [0, 0.05) is 11.2 Å². The first-order valence-corrected chi connectivity index (χ1v) is 10.0. The van der Waals surface area contributed by atoms with E-state index in [0.717, 1.165) is 10.1 Å². The third-order valence-corrected chi connectivity index (χ3v) is 5.10. The van der Waals surface area contributed by atoms with Gasteiger partial charge >= 0.3 is 5.69 Å². The standard InChI is InChI=1S/C23H19ClN4O3/c1-15-5-4-7-18(11-15)28-22(30)19-9-8-16(24)12-20(19)27(23(28)31)14-21(29)26-13-17-6-2-3-10-25-17/h2-12H,13-14H2,1H3,(H,26,29). The highest BCUT2D eigenvalue weighted by molar-refractivity contribution is 6.31. The summed E-state index contributed by atoms with van der Waals surface area (Å²) in [5.41, 5.74) is 1.26. The summed E-state index contributed by atoms with van der Waals surface area (Å²) in [5, 5.41) is 3.41. The Labute approximate surface area is 182 Å². The van der Waals surface area contributed by atoms with Crippen molar-refractivity contribution < 1.29 is 4.79 Å². The van der Waals surface area contributed by atoms with Gasteiger partial charge in [0.15, 0.2) is 0 Å². The van der Waals surface area contributed by atoms with Crippen molar-refractivity contribution in [3.05, 3.63) is 104 Å². The van der Waals surface area contributed by atoms with Crippen LogP contribution >= 0.6 is 11.6 Å². The van der Waals surface area contributed by atoms with Crippen molar-refractivity contribution in [1.82, 2.24) is 19.4 Å². The van der Waals surface area contributed by atoms with Crippen molar-refractivity contribution in [2.75, 3.05) is 0 Å². The lowest BCUT2D eigenvalue weighted by molar-refractivity contribution is -0.121. The molecule has 0 fully saturated rings. The number of fused-ring (bicyclic) bond motifs is 1. The van der Waals surface area contributed by atoms with E-state index in [4.69, 9.17) is 11.6 Å². The molecule has 8 heteroatoms. The lowest BCUT2D eigenvalue weighted by Crippen LogP contribution is -2.41. The van der Waals surface area contributed by atoms with Gasteiger partial charge in [0.25, 0.3) is 5.56 Å². The van der Waals surface area contributed by atoms with Gasteiger partial charge in [-0.3, -0.25) is 19.1 Å². The van der Waals surface area contributed by atoms with Crippen molar-refractivity contribution in [1.29, 1.82) is 0 Å². The molecule has 0 spiro atoms. The number of rotatable bonds is 5. The van der Waals surface area contributed by atoms with E-state index in [2.05, 4.69) is 10.3 Å². The van der Waals surface area contributed by atoms with Crippen molar-refractivity contribution in [2.24, 2.45) is 0 Å². The molecule has 156 valence electrons. The molecule has 0 radical (unpaired) electrons. The monoisotopic (exact) mass is 434 g/mol. The summed E-state index contributed by atoms with van der Waals surface area (Å²) in [7, 11) is 0. The van der Waals surface area contributed by atoms with E-state index in [1.54, 1.807) is 48.7 Å². The number of hydrogen-bond acceptors (Lipinski definition) is 4. The van der Waals surface area contributed by atoms with Crippen LogP contribution in [-0.2, 0) is 17.9 Å². The fraction of sp³-hybridized carbons (Fsp3) is 0.130. The van der Waals surface area contributed by atoms with E-state index >= 15 is 0 Å². The largest absolute Gasteiger partial charge is 0.349 e. The van der Waals surface area contributed by atoms with Gasteiger partial charge < -0.3 is 5.32 Å². The van der Waals surface area contributed by atoms with Crippen molar-refractivity contribution >= 4 is 28.4 Å². The number of aryl methyl sites for hydroxylation is 1. The summed E-state index contributed by atoms with van der Waals surface area (Å²) >= 11 is 6.12. The molecule has 1 amide bonds. The Morgan fingerprint density at radius 3 is 2.65 bits per heavy atom. The Morgan fingerprint density at radius 1 is 1.06 bits per heavy atom. The fourth-order valence-corrected chi connectivity index (χ4v) is 3.55. The summed E-state index contributed by atoms with van der Waals surface area (Å²) in [6, 6.07) is 17.1. The zero-order valence-electron chi connectivity index (χ0n) is 16.7. The van der Waals surface area contributed by atoms with Crippen molar-refractivity contribution in [2.45, 2.75) is 20.0 Å². The summed E-state index contributed by atoms with van der Waals surface area (Å²) in [5.74, 6) is -0.386. The Kier molecular flexibility index (Phi) is 5.68. The second-order valence-corrected chi connectivity index (χ2v) is 7.54. The SMILES string of the molecule is Cc1cccc(-n2c(=O)c3ccc(Cl)cc3n(CC(=O)NCc3ccccn3)c2=O)c1. The van der Waals surface area contributed by atoms with Crippen LogP contribution in [-0.4, -0.2) is 20.0 Å². The molecular weight excluding hydrogens is 416 g/mol. The van der Waals surface area contributed by atoms with Gasteiger partial charge in [-0.1, -0.05) is 29.8 Å². The average molecular weight is 435 g/mol. The van der Waals surface area contributed by atoms with Gasteiger partial charge in [-0.05, 0) is 55.0 Å². The molecule has 2 aromatic heterocycles. The van der Waals surface area contributed by atoms with Crippen LogP contribution in [0.1, 0.15) is 11.3 Å². The number of benzene rings is 2. The topological polar surface area (TPSA) is 86.0 Å². The molecule has 4 aromatic rings. The highest BCUT2D eigenvalue weighted by Crippen LogP contribution is 2.17. The van der Waals surface area contributed by atoms with E-state index < -0.39 is 11.2 Å². The second kappa shape index (κ2) is 8.57. The molecule has 0 atom stereocenters. The molecule has 0 bridgehead atoms. The van der Waals surface area contributed by atoms with Crippen LogP contribution in [0.3, 0.4) is 0 Å². The van der Waals surface area contributed by atoms with Gasteiger partial charge in [-0.15, -0.1) is 0 Å². The van der Waals surface area contributed by atoms with Crippen LogP contribution in [0.2, 0.25) is 5.02 Å². The van der Waals surface area contributed by atoms with E-state index in [1.165, 1.54) is 10.6 Å². The van der Waals surface area contributed by atoms with E-state index in [1.807, 2.05) is 19.1 Å². The quantitative estimate of drug-likeness (QED) is 0.523. The van der Waals surface area contributed by atoms with Gasteiger partial charge in [-0.25, -0.2) is 9.36 Å². The van der Waals surface area contributed by atoms with Crippen molar-refractivity contribution in [3.8, 4) is 5.69 Å². The zero-order valence-corrected chi connectivity index (χ0v) is 17.5. The Balaban J connectivity index is 1.80. The summed E-state index contributed by atoms with van der Waals surface area (Å²) in [4.78, 5) is 43.2. The van der Waals surface area contributed by atoms with Crippen LogP contribution in [0.25, 0.3) is 16.6 Å². The highest BCUT2D eigenvalue weighted by atomic mass is 35.5. The predicted molar refractivity (Wildman–Crippen MR) is 120 cm³/mol. The zero-order chi connectivity index (χ0) is 22.0. The van der Waals surface area contributed by atoms with Crippen LogP contribution in [0.15, 0.2) is 76.4 Å². The number of amides is 1. The van der Waals surface area contributed by atoms with Gasteiger partial charge in [0.1, 0.15) is 6.54 Å². The maximum Gasteiger partial charge on any atom is 0.336 e. The molecule has 4 rings (SSSR count).